The Hall–Kier alpha value is -2.40. The maximum Gasteiger partial charge on any atom is 0.254 e. The zero-order valence-electron chi connectivity index (χ0n) is 14.4. The summed E-state index contributed by atoms with van der Waals surface area (Å²) in [6.07, 6.45) is 3.70. The van der Waals surface area contributed by atoms with E-state index in [2.05, 4.69) is 16.0 Å². The fourth-order valence-electron chi connectivity index (χ4n) is 2.96. The molecular formula is C19H24N4O. The van der Waals surface area contributed by atoms with Crippen molar-refractivity contribution in [3.8, 4) is 0 Å². The van der Waals surface area contributed by atoms with Crippen LogP contribution in [0.3, 0.4) is 0 Å². The van der Waals surface area contributed by atoms with Gasteiger partial charge < -0.3 is 9.80 Å². The summed E-state index contributed by atoms with van der Waals surface area (Å²) in [6, 6.07) is 11.9. The van der Waals surface area contributed by atoms with E-state index in [4.69, 9.17) is 0 Å². The fourth-order valence-corrected chi connectivity index (χ4v) is 2.96. The third kappa shape index (κ3) is 3.92. The zero-order valence-corrected chi connectivity index (χ0v) is 14.4. The first-order chi connectivity index (χ1) is 11.6. The summed E-state index contributed by atoms with van der Waals surface area (Å²) in [5.41, 5.74) is 3.04. The van der Waals surface area contributed by atoms with Crippen LogP contribution in [0.25, 0.3) is 0 Å². The van der Waals surface area contributed by atoms with Gasteiger partial charge in [-0.2, -0.15) is 0 Å². The zero-order chi connectivity index (χ0) is 16.9. The molecule has 5 nitrogen and oxygen atoms in total. The Morgan fingerprint density at radius 2 is 1.92 bits per heavy atom. The molecule has 3 rings (SSSR count). The predicted octanol–water partition coefficient (Wildman–Crippen LogP) is 2.11. The number of carbonyl (C=O) groups is 1. The molecular weight excluding hydrogens is 300 g/mol. The lowest BCUT2D eigenvalue weighted by atomic mass is 10.1. The van der Waals surface area contributed by atoms with Crippen molar-refractivity contribution >= 4 is 11.6 Å². The minimum Gasteiger partial charge on any atom is -0.378 e. The van der Waals surface area contributed by atoms with Crippen LogP contribution in [0.4, 0.5) is 5.69 Å². The van der Waals surface area contributed by atoms with Crippen LogP contribution in [0.5, 0.6) is 0 Å². The number of anilines is 1. The maximum atomic E-state index is 12.7. The monoisotopic (exact) mass is 324 g/mol. The number of rotatable bonds is 4. The number of pyridine rings is 1. The lowest BCUT2D eigenvalue weighted by Gasteiger charge is -2.34. The third-order valence-electron chi connectivity index (χ3n) is 4.40. The van der Waals surface area contributed by atoms with Gasteiger partial charge in [0.05, 0.1) is 0 Å². The number of nitrogens with zero attached hydrogens (tertiary/aromatic N) is 4. The van der Waals surface area contributed by atoms with Gasteiger partial charge in [-0.05, 0) is 29.8 Å². The van der Waals surface area contributed by atoms with E-state index in [9.17, 15) is 4.79 Å². The van der Waals surface area contributed by atoms with E-state index in [1.165, 1.54) is 5.56 Å². The Morgan fingerprint density at radius 1 is 1.12 bits per heavy atom. The minimum atomic E-state index is 0.125. The average Bonchev–Trinajstić information content (AvgIpc) is 2.63. The van der Waals surface area contributed by atoms with Crippen LogP contribution in [0.15, 0.2) is 48.8 Å². The molecule has 0 spiro atoms. The van der Waals surface area contributed by atoms with Crippen LogP contribution in [0.2, 0.25) is 0 Å². The van der Waals surface area contributed by atoms with Crippen molar-refractivity contribution in [3.63, 3.8) is 0 Å². The number of hydrogen-bond acceptors (Lipinski definition) is 4. The Labute approximate surface area is 143 Å². The molecule has 2 aromatic rings. The van der Waals surface area contributed by atoms with Gasteiger partial charge in [-0.3, -0.25) is 14.7 Å². The minimum absolute atomic E-state index is 0.125. The molecule has 0 bridgehead atoms. The van der Waals surface area contributed by atoms with E-state index in [1.54, 1.807) is 6.20 Å². The molecule has 1 amide bonds. The summed E-state index contributed by atoms with van der Waals surface area (Å²) >= 11 is 0. The van der Waals surface area contributed by atoms with Crippen LogP contribution in [0.1, 0.15) is 15.9 Å². The predicted molar refractivity (Wildman–Crippen MR) is 96.2 cm³/mol. The normalized spacial score (nSPS) is 15.3. The van der Waals surface area contributed by atoms with Crippen molar-refractivity contribution in [1.29, 1.82) is 0 Å². The van der Waals surface area contributed by atoms with E-state index >= 15 is 0 Å². The highest BCUT2D eigenvalue weighted by atomic mass is 16.2. The standard InChI is InChI=1S/C19H24N4O/c1-21(2)18-7-3-6-17(13-18)19(24)23-11-9-22(10-12-23)15-16-5-4-8-20-14-16/h3-8,13-14H,9-12,15H2,1-2H3. The van der Waals surface area contributed by atoms with Crippen molar-refractivity contribution in [2.45, 2.75) is 6.54 Å². The summed E-state index contributed by atoms with van der Waals surface area (Å²) < 4.78 is 0. The quantitative estimate of drug-likeness (QED) is 0.863. The highest BCUT2D eigenvalue weighted by Crippen LogP contribution is 2.16. The first-order valence-corrected chi connectivity index (χ1v) is 8.31. The van der Waals surface area contributed by atoms with Gasteiger partial charge in [0.25, 0.3) is 5.91 Å². The van der Waals surface area contributed by atoms with Crippen LogP contribution in [0, 0.1) is 0 Å². The molecule has 1 saturated heterocycles. The molecule has 1 aromatic carbocycles. The lowest BCUT2D eigenvalue weighted by molar-refractivity contribution is 0.0628. The fraction of sp³-hybridized carbons (Fsp3) is 0.368. The van der Waals surface area contributed by atoms with Gasteiger partial charge in [0.1, 0.15) is 0 Å². The number of benzene rings is 1. The van der Waals surface area contributed by atoms with Crippen LogP contribution in [-0.4, -0.2) is 61.0 Å². The summed E-state index contributed by atoms with van der Waals surface area (Å²) in [7, 11) is 3.97. The second-order valence-electron chi connectivity index (χ2n) is 6.37. The molecule has 1 aliphatic rings. The maximum absolute atomic E-state index is 12.7. The summed E-state index contributed by atoms with van der Waals surface area (Å²) in [6.45, 7) is 4.23. The Balaban J connectivity index is 1.58. The molecule has 0 unspecified atom stereocenters. The van der Waals surface area contributed by atoms with E-state index < -0.39 is 0 Å². The Morgan fingerprint density at radius 3 is 2.58 bits per heavy atom. The van der Waals surface area contributed by atoms with Gasteiger partial charge >= 0.3 is 0 Å². The number of hydrogen-bond donors (Lipinski definition) is 0. The van der Waals surface area contributed by atoms with E-state index in [-0.39, 0.29) is 5.91 Å². The van der Waals surface area contributed by atoms with Crippen molar-refractivity contribution < 1.29 is 4.79 Å². The number of carbonyl (C=O) groups excluding carboxylic acids is 1. The highest BCUT2D eigenvalue weighted by molar-refractivity contribution is 5.95. The first-order valence-electron chi connectivity index (χ1n) is 8.31. The lowest BCUT2D eigenvalue weighted by Crippen LogP contribution is -2.48. The Bertz CT molecular complexity index is 679. The molecule has 24 heavy (non-hydrogen) atoms. The molecule has 0 aliphatic carbocycles. The molecule has 0 atom stereocenters. The molecule has 0 radical (unpaired) electrons. The second kappa shape index (κ2) is 7.45. The molecule has 1 fully saturated rings. The van der Waals surface area contributed by atoms with Crippen molar-refractivity contribution in [2.75, 3.05) is 45.2 Å². The molecule has 0 saturated carbocycles. The molecule has 0 N–H and O–H groups in total. The SMILES string of the molecule is CN(C)c1cccc(C(=O)N2CCN(Cc3cccnc3)CC2)c1. The van der Waals surface area contributed by atoms with Crippen LogP contribution < -0.4 is 4.90 Å². The number of amides is 1. The van der Waals surface area contributed by atoms with E-state index in [0.717, 1.165) is 44.0 Å². The van der Waals surface area contributed by atoms with Gasteiger partial charge in [0.2, 0.25) is 0 Å². The molecule has 126 valence electrons. The highest BCUT2D eigenvalue weighted by Gasteiger charge is 2.22. The number of aromatic nitrogens is 1. The molecule has 1 aliphatic heterocycles. The molecule has 5 heteroatoms. The summed E-state index contributed by atoms with van der Waals surface area (Å²) in [5.74, 6) is 0.125. The second-order valence-corrected chi connectivity index (χ2v) is 6.37. The van der Waals surface area contributed by atoms with E-state index in [0.29, 0.717) is 0 Å². The summed E-state index contributed by atoms with van der Waals surface area (Å²) in [5, 5.41) is 0. The van der Waals surface area contributed by atoms with Crippen LogP contribution >= 0.6 is 0 Å². The van der Waals surface area contributed by atoms with E-state index in [1.807, 2.05) is 60.4 Å². The van der Waals surface area contributed by atoms with Gasteiger partial charge in [-0.1, -0.05) is 12.1 Å². The smallest absolute Gasteiger partial charge is 0.254 e. The topological polar surface area (TPSA) is 39.7 Å². The molecule has 2 heterocycles. The summed E-state index contributed by atoms with van der Waals surface area (Å²) in [4.78, 5) is 23.2. The third-order valence-corrected chi connectivity index (χ3v) is 4.40. The average molecular weight is 324 g/mol. The van der Waals surface area contributed by atoms with Gasteiger partial charge in [-0.25, -0.2) is 0 Å². The van der Waals surface area contributed by atoms with Crippen molar-refractivity contribution in [3.05, 3.63) is 59.9 Å². The van der Waals surface area contributed by atoms with Crippen molar-refractivity contribution in [1.82, 2.24) is 14.8 Å². The van der Waals surface area contributed by atoms with Gasteiger partial charge in [0.15, 0.2) is 0 Å². The van der Waals surface area contributed by atoms with Gasteiger partial charge in [0, 0.05) is 70.5 Å². The molecule has 1 aromatic heterocycles. The number of piperazine rings is 1. The van der Waals surface area contributed by atoms with Crippen LogP contribution in [-0.2, 0) is 6.54 Å². The largest absolute Gasteiger partial charge is 0.378 e. The van der Waals surface area contributed by atoms with Crippen molar-refractivity contribution in [2.24, 2.45) is 0 Å². The van der Waals surface area contributed by atoms with Gasteiger partial charge in [-0.15, -0.1) is 0 Å². The Kier molecular flexibility index (Phi) is 5.11. The first kappa shape index (κ1) is 16.5.